The SMILES string of the molecule is COc1nc2c(cc1C(C)=O)COCC2. The fourth-order valence-electron chi connectivity index (χ4n) is 1.67. The minimum atomic E-state index is -0.0345. The van der Waals surface area contributed by atoms with Crippen LogP contribution in [0.1, 0.15) is 28.5 Å². The summed E-state index contributed by atoms with van der Waals surface area (Å²) in [5.74, 6) is 0.385. The van der Waals surface area contributed by atoms with Crippen molar-refractivity contribution in [2.75, 3.05) is 13.7 Å². The molecule has 4 heteroatoms. The van der Waals surface area contributed by atoms with Crippen LogP contribution in [0.15, 0.2) is 6.07 Å². The summed E-state index contributed by atoms with van der Waals surface area (Å²) in [5, 5.41) is 0. The van der Waals surface area contributed by atoms with E-state index in [1.807, 2.05) is 6.07 Å². The molecule has 0 atom stereocenters. The number of fused-ring (bicyclic) bond motifs is 1. The number of Topliss-reactive ketones (excluding diaryl/α,β-unsaturated/α-hetero) is 1. The lowest BCUT2D eigenvalue weighted by Crippen LogP contribution is -2.14. The maximum absolute atomic E-state index is 11.4. The van der Waals surface area contributed by atoms with Crippen LogP contribution in [0, 0.1) is 0 Å². The van der Waals surface area contributed by atoms with Gasteiger partial charge in [-0.3, -0.25) is 4.79 Å². The lowest BCUT2D eigenvalue weighted by Gasteiger charge is -2.17. The normalized spacial score (nSPS) is 14.5. The second-order valence-corrected chi connectivity index (χ2v) is 3.51. The zero-order chi connectivity index (χ0) is 10.8. The predicted molar refractivity (Wildman–Crippen MR) is 54.2 cm³/mol. The second kappa shape index (κ2) is 3.98. The highest BCUT2D eigenvalue weighted by molar-refractivity contribution is 5.96. The molecule has 2 heterocycles. The van der Waals surface area contributed by atoms with E-state index < -0.39 is 0 Å². The number of hydrogen-bond acceptors (Lipinski definition) is 4. The van der Waals surface area contributed by atoms with Gasteiger partial charge < -0.3 is 9.47 Å². The Kier molecular flexibility index (Phi) is 2.68. The first-order valence-corrected chi connectivity index (χ1v) is 4.88. The number of pyridine rings is 1. The number of aromatic nitrogens is 1. The fraction of sp³-hybridized carbons (Fsp3) is 0.455. The number of carbonyl (C=O) groups is 1. The molecule has 0 radical (unpaired) electrons. The van der Waals surface area contributed by atoms with Gasteiger partial charge in [0.2, 0.25) is 5.88 Å². The molecule has 0 saturated heterocycles. The summed E-state index contributed by atoms with van der Waals surface area (Å²) in [6.45, 7) is 2.73. The Bertz CT molecular complexity index is 401. The van der Waals surface area contributed by atoms with Crippen LogP contribution in [0.3, 0.4) is 0 Å². The fourth-order valence-corrected chi connectivity index (χ4v) is 1.67. The summed E-state index contributed by atoms with van der Waals surface area (Å²) < 4.78 is 10.4. The quantitative estimate of drug-likeness (QED) is 0.687. The molecule has 1 aliphatic rings. The van der Waals surface area contributed by atoms with Crippen molar-refractivity contribution in [3.05, 3.63) is 22.9 Å². The van der Waals surface area contributed by atoms with Gasteiger partial charge in [0.15, 0.2) is 5.78 Å². The summed E-state index contributed by atoms with van der Waals surface area (Å²) in [7, 11) is 1.53. The Morgan fingerprint density at radius 2 is 2.40 bits per heavy atom. The van der Waals surface area contributed by atoms with E-state index in [2.05, 4.69) is 4.98 Å². The third kappa shape index (κ3) is 1.85. The van der Waals surface area contributed by atoms with Crippen LogP contribution in [-0.4, -0.2) is 24.5 Å². The van der Waals surface area contributed by atoms with Crippen LogP contribution in [0.25, 0.3) is 0 Å². The molecule has 1 aromatic heterocycles. The molecular formula is C11H13NO3. The molecule has 0 bridgehead atoms. The topological polar surface area (TPSA) is 48.4 Å². The van der Waals surface area contributed by atoms with Crippen molar-refractivity contribution in [3.8, 4) is 5.88 Å². The highest BCUT2D eigenvalue weighted by Gasteiger charge is 2.17. The number of ketones is 1. The number of methoxy groups -OCH3 is 1. The largest absolute Gasteiger partial charge is 0.480 e. The van der Waals surface area contributed by atoms with E-state index in [1.165, 1.54) is 14.0 Å². The van der Waals surface area contributed by atoms with Crippen molar-refractivity contribution in [1.82, 2.24) is 4.98 Å². The number of carbonyl (C=O) groups excluding carboxylic acids is 1. The van der Waals surface area contributed by atoms with E-state index in [0.717, 1.165) is 17.7 Å². The van der Waals surface area contributed by atoms with Crippen LogP contribution in [0.5, 0.6) is 5.88 Å². The minimum Gasteiger partial charge on any atom is -0.480 e. The van der Waals surface area contributed by atoms with Crippen molar-refractivity contribution in [3.63, 3.8) is 0 Å². The summed E-state index contributed by atoms with van der Waals surface area (Å²) >= 11 is 0. The van der Waals surface area contributed by atoms with E-state index in [-0.39, 0.29) is 5.78 Å². The zero-order valence-electron chi connectivity index (χ0n) is 8.87. The molecule has 0 aliphatic carbocycles. The van der Waals surface area contributed by atoms with Gasteiger partial charge in [-0.25, -0.2) is 4.98 Å². The van der Waals surface area contributed by atoms with Gasteiger partial charge in [0, 0.05) is 12.0 Å². The Morgan fingerprint density at radius 3 is 3.07 bits per heavy atom. The van der Waals surface area contributed by atoms with Crippen LogP contribution < -0.4 is 4.74 Å². The highest BCUT2D eigenvalue weighted by Crippen LogP contribution is 2.23. The molecule has 0 unspecified atom stereocenters. The van der Waals surface area contributed by atoms with E-state index in [9.17, 15) is 4.79 Å². The smallest absolute Gasteiger partial charge is 0.224 e. The first-order valence-electron chi connectivity index (χ1n) is 4.88. The Morgan fingerprint density at radius 1 is 1.60 bits per heavy atom. The zero-order valence-corrected chi connectivity index (χ0v) is 8.87. The van der Waals surface area contributed by atoms with Gasteiger partial charge in [-0.15, -0.1) is 0 Å². The lowest BCUT2D eigenvalue weighted by atomic mass is 10.1. The molecule has 0 aromatic carbocycles. The van der Waals surface area contributed by atoms with Gasteiger partial charge in [-0.05, 0) is 13.0 Å². The molecule has 2 rings (SSSR count). The second-order valence-electron chi connectivity index (χ2n) is 3.51. The summed E-state index contributed by atoms with van der Waals surface area (Å²) in [6, 6.07) is 1.82. The summed E-state index contributed by atoms with van der Waals surface area (Å²) in [4.78, 5) is 15.7. The standard InChI is InChI=1S/C11H13NO3/c1-7(13)9-5-8-6-15-4-3-10(8)12-11(9)14-2/h5H,3-4,6H2,1-2H3. The van der Waals surface area contributed by atoms with Gasteiger partial charge >= 0.3 is 0 Å². The number of ether oxygens (including phenoxy) is 2. The molecule has 1 aliphatic heterocycles. The Balaban J connectivity index is 2.51. The predicted octanol–water partition coefficient (Wildman–Crippen LogP) is 1.37. The molecule has 0 saturated carbocycles. The summed E-state index contributed by atoms with van der Waals surface area (Å²) in [5.41, 5.74) is 2.50. The first-order chi connectivity index (χ1) is 7.22. The van der Waals surface area contributed by atoms with Crippen molar-refractivity contribution < 1.29 is 14.3 Å². The molecule has 4 nitrogen and oxygen atoms in total. The molecule has 0 N–H and O–H groups in total. The molecule has 15 heavy (non-hydrogen) atoms. The number of hydrogen-bond donors (Lipinski definition) is 0. The van der Waals surface area contributed by atoms with Crippen molar-refractivity contribution in [2.45, 2.75) is 20.0 Å². The van der Waals surface area contributed by atoms with Gasteiger partial charge in [0.1, 0.15) is 0 Å². The van der Waals surface area contributed by atoms with E-state index in [1.54, 1.807) is 0 Å². The van der Waals surface area contributed by atoms with Crippen LogP contribution in [0.4, 0.5) is 0 Å². The van der Waals surface area contributed by atoms with Gasteiger partial charge in [0.05, 0.1) is 31.6 Å². The highest BCUT2D eigenvalue weighted by atomic mass is 16.5. The maximum Gasteiger partial charge on any atom is 0.224 e. The number of rotatable bonds is 2. The Hall–Kier alpha value is -1.42. The molecule has 80 valence electrons. The van der Waals surface area contributed by atoms with Gasteiger partial charge in [-0.2, -0.15) is 0 Å². The van der Waals surface area contributed by atoms with Crippen molar-refractivity contribution >= 4 is 5.78 Å². The Labute approximate surface area is 88.2 Å². The average Bonchev–Trinajstić information content (AvgIpc) is 2.27. The average molecular weight is 207 g/mol. The molecule has 0 fully saturated rings. The molecule has 0 spiro atoms. The van der Waals surface area contributed by atoms with E-state index in [0.29, 0.717) is 24.7 Å². The summed E-state index contributed by atoms with van der Waals surface area (Å²) in [6.07, 6.45) is 0.782. The monoisotopic (exact) mass is 207 g/mol. The molecule has 0 amide bonds. The van der Waals surface area contributed by atoms with Crippen molar-refractivity contribution in [1.29, 1.82) is 0 Å². The first kappa shape index (κ1) is 10.1. The van der Waals surface area contributed by atoms with Crippen LogP contribution >= 0.6 is 0 Å². The number of nitrogens with zero attached hydrogens (tertiary/aromatic N) is 1. The van der Waals surface area contributed by atoms with Gasteiger partial charge in [0.25, 0.3) is 0 Å². The van der Waals surface area contributed by atoms with Crippen LogP contribution in [-0.2, 0) is 17.8 Å². The van der Waals surface area contributed by atoms with Gasteiger partial charge in [-0.1, -0.05) is 0 Å². The minimum absolute atomic E-state index is 0.0345. The third-order valence-corrected chi connectivity index (χ3v) is 2.47. The molecule has 1 aromatic rings. The van der Waals surface area contributed by atoms with E-state index >= 15 is 0 Å². The third-order valence-electron chi connectivity index (χ3n) is 2.47. The lowest BCUT2D eigenvalue weighted by molar-refractivity contribution is 0.100. The maximum atomic E-state index is 11.4. The van der Waals surface area contributed by atoms with E-state index in [4.69, 9.17) is 9.47 Å². The molecular weight excluding hydrogens is 194 g/mol. The van der Waals surface area contributed by atoms with Crippen molar-refractivity contribution in [2.24, 2.45) is 0 Å². The van der Waals surface area contributed by atoms with Crippen LogP contribution in [0.2, 0.25) is 0 Å².